The van der Waals surface area contributed by atoms with Crippen molar-refractivity contribution in [3.8, 4) is 16.9 Å². The van der Waals surface area contributed by atoms with Crippen LogP contribution in [-0.2, 0) is 4.74 Å². The Bertz CT molecular complexity index is 1070. The van der Waals surface area contributed by atoms with Gasteiger partial charge in [-0.3, -0.25) is 0 Å². The highest BCUT2D eigenvalue weighted by Crippen LogP contribution is 2.27. The quantitative estimate of drug-likeness (QED) is 0.662. The first-order valence-corrected chi connectivity index (χ1v) is 10.6. The number of amides is 1. The molecule has 1 saturated heterocycles. The molecular weight excluding hydrogens is 394 g/mol. The number of fused-ring (bicyclic) bond motifs is 1. The molecule has 0 bridgehead atoms. The number of ether oxygens (including phenoxy) is 2. The number of benzene rings is 1. The lowest BCUT2D eigenvalue weighted by Crippen LogP contribution is -2.42. The summed E-state index contributed by atoms with van der Waals surface area (Å²) in [4.78, 5) is 19.1. The molecule has 164 valence electrons. The van der Waals surface area contributed by atoms with Crippen molar-refractivity contribution in [3.63, 3.8) is 0 Å². The predicted octanol–water partition coefficient (Wildman–Crippen LogP) is 4.22. The summed E-state index contributed by atoms with van der Waals surface area (Å²) < 4.78 is 12.7. The van der Waals surface area contributed by atoms with Crippen molar-refractivity contribution in [3.05, 3.63) is 42.7 Å². The van der Waals surface area contributed by atoms with Crippen LogP contribution < -0.4 is 10.1 Å². The minimum atomic E-state index is -0.497. The van der Waals surface area contributed by atoms with Gasteiger partial charge in [0.15, 0.2) is 5.65 Å². The van der Waals surface area contributed by atoms with E-state index in [1.54, 1.807) is 11.6 Å². The molecule has 3 heterocycles. The highest BCUT2D eigenvalue weighted by atomic mass is 16.6. The first kappa shape index (κ1) is 21.0. The van der Waals surface area contributed by atoms with E-state index < -0.39 is 5.60 Å². The Kier molecular flexibility index (Phi) is 5.71. The third-order valence-electron chi connectivity index (χ3n) is 5.27. The van der Waals surface area contributed by atoms with Gasteiger partial charge in [-0.15, -0.1) is 0 Å². The maximum absolute atomic E-state index is 12.5. The minimum Gasteiger partial charge on any atom is -0.497 e. The van der Waals surface area contributed by atoms with Crippen LogP contribution in [0.15, 0.2) is 42.7 Å². The Morgan fingerprint density at radius 1 is 1.29 bits per heavy atom. The molecule has 0 saturated carbocycles. The number of nitrogens with zero attached hydrogens (tertiary/aromatic N) is 4. The maximum Gasteiger partial charge on any atom is 0.410 e. The molecule has 1 fully saturated rings. The van der Waals surface area contributed by atoms with Crippen LogP contribution in [0.25, 0.3) is 16.8 Å². The van der Waals surface area contributed by atoms with Crippen LogP contribution in [0.4, 0.5) is 10.6 Å². The van der Waals surface area contributed by atoms with Crippen LogP contribution in [0.5, 0.6) is 5.75 Å². The number of nitrogens with one attached hydrogen (secondary N) is 1. The highest BCUT2D eigenvalue weighted by Gasteiger charge is 2.32. The Balaban J connectivity index is 1.49. The van der Waals surface area contributed by atoms with Gasteiger partial charge in [-0.05, 0) is 57.4 Å². The molecule has 0 spiro atoms. The largest absolute Gasteiger partial charge is 0.497 e. The predicted molar refractivity (Wildman–Crippen MR) is 119 cm³/mol. The van der Waals surface area contributed by atoms with E-state index >= 15 is 0 Å². The van der Waals surface area contributed by atoms with Crippen LogP contribution in [0, 0.1) is 0 Å². The maximum atomic E-state index is 12.5. The van der Waals surface area contributed by atoms with E-state index in [2.05, 4.69) is 10.4 Å². The number of hydrogen-bond donors (Lipinski definition) is 1. The lowest BCUT2D eigenvalue weighted by Gasteiger charge is -2.28. The number of carbonyl (C=O) groups excluding carboxylic acids is 1. The second-order valence-electron chi connectivity index (χ2n) is 8.72. The van der Waals surface area contributed by atoms with Gasteiger partial charge in [0.2, 0.25) is 0 Å². The molecule has 1 aliphatic rings. The van der Waals surface area contributed by atoms with Crippen molar-refractivity contribution >= 4 is 17.6 Å². The molecular formula is C23H29N5O3. The number of carbonyl (C=O) groups is 1. The molecule has 1 amide bonds. The van der Waals surface area contributed by atoms with Crippen LogP contribution in [0.1, 0.15) is 33.6 Å². The molecule has 31 heavy (non-hydrogen) atoms. The number of methoxy groups -OCH3 is 1. The van der Waals surface area contributed by atoms with Gasteiger partial charge < -0.3 is 19.7 Å². The molecule has 0 radical (unpaired) electrons. The molecule has 4 rings (SSSR count). The van der Waals surface area contributed by atoms with E-state index in [-0.39, 0.29) is 12.1 Å². The van der Waals surface area contributed by atoms with E-state index in [4.69, 9.17) is 14.5 Å². The summed E-state index contributed by atoms with van der Waals surface area (Å²) in [7, 11) is 1.65. The summed E-state index contributed by atoms with van der Waals surface area (Å²) in [6, 6.07) is 9.81. The van der Waals surface area contributed by atoms with Gasteiger partial charge in [0.25, 0.3) is 0 Å². The number of rotatable bonds is 5. The van der Waals surface area contributed by atoms with Crippen molar-refractivity contribution < 1.29 is 14.3 Å². The molecule has 8 heteroatoms. The molecule has 8 nitrogen and oxygen atoms in total. The molecule has 1 N–H and O–H groups in total. The van der Waals surface area contributed by atoms with Crippen molar-refractivity contribution in [1.82, 2.24) is 19.5 Å². The Hall–Kier alpha value is -3.29. The van der Waals surface area contributed by atoms with E-state index in [1.165, 1.54) is 0 Å². The van der Waals surface area contributed by atoms with Gasteiger partial charge in [0.1, 0.15) is 17.2 Å². The van der Waals surface area contributed by atoms with Gasteiger partial charge in [0, 0.05) is 24.8 Å². The van der Waals surface area contributed by atoms with Gasteiger partial charge in [-0.25, -0.2) is 14.3 Å². The molecule has 1 unspecified atom stereocenters. The van der Waals surface area contributed by atoms with E-state index in [9.17, 15) is 4.79 Å². The first-order valence-electron chi connectivity index (χ1n) is 10.6. The Labute approximate surface area is 182 Å². The average Bonchev–Trinajstić information content (AvgIpc) is 3.37. The standard InChI is InChI=1S/C23H29N5O3/c1-23(2,3)31-22(29)27-11-6-8-17(27)14-24-20-10-12-28-21(26-20)19(15-25-28)16-7-5-9-18(13-16)30-4/h5,7,9-10,12-13,15,17H,6,8,11,14H2,1-4H3,(H,24,26). The van der Waals surface area contributed by atoms with E-state index in [0.29, 0.717) is 6.54 Å². The number of anilines is 1. The zero-order valence-corrected chi connectivity index (χ0v) is 18.5. The molecule has 2 aromatic heterocycles. The fourth-order valence-corrected chi connectivity index (χ4v) is 3.79. The summed E-state index contributed by atoms with van der Waals surface area (Å²) in [5, 5.41) is 7.81. The number of aromatic nitrogens is 3. The number of likely N-dealkylation sites (tertiary alicyclic amines) is 1. The average molecular weight is 424 g/mol. The molecule has 1 aromatic carbocycles. The third-order valence-corrected chi connectivity index (χ3v) is 5.27. The molecule has 1 aliphatic heterocycles. The van der Waals surface area contributed by atoms with Crippen molar-refractivity contribution in [2.45, 2.75) is 45.3 Å². The van der Waals surface area contributed by atoms with Gasteiger partial charge in [0.05, 0.1) is 19.3 Å². The number of hydrogen-bond acceptors (Lipinski definition) is 6. The monoisotopic (exact) mass is 423 g/mol. The van der Waals surface area contributed by atoms with Gasteiger partial charge in [-0.1, -0.05) is 12.1 Å². The van der Waals surface area contributed by atoms with Crippen molar-refractivity contribution in [2.24, 2.45) is 0 Å². The van der Waals surface area contributed by atoms with E-state index in [1.807, 2.05) is 68.4 Å². The van der Waals surface area contributed by atoms with Crippen LogP contribution in [-0.4, -0.2) is 57.4 Å². The second-order valence-corrected chi connectivity index (χ2v) is 8.72. The fourth-order valence-electron chi connectivity index (χ4n) is 3.79. The summed E-state index contributed by atoms with van der Waals surface area (Å²) >= 11 is 0. The lowest BCUT2D eigenvalue weighted by molar-refractivity contribution is 0.0235. The van der Waals surface area contributed by atoms with E-state index in [0.717, 1.165) is 47.7 Å². The summed E-state index contributed by atoms with van der Waals surface area (Å²) in [6.07, 6.45) is 5.35. The molecule has 3 aromatic rings. The molecule has 0 aliphatic carbocycles. The topological polar surface area (TPSA) is 81.0 Å². The summed E-state index contributed by atoms with van der Waals surface area (Å²) in [6.45, 7) is 7.00. The zero-order chi connectivity index (χ0) is 22.0. The fraction of sp³-hybridized carbons (Fsp3) is 0.435. The third kappa shape index (κ3) is 4.73. The Morgan fingerprint density at radius 2 is 2.13 bits per heavy atom. The SMILES string of the molecule is COc1cccc(-c2cnn3ccc(NCC4CCCN4C(=O)OC(C)(C)C)nc23)c1. The Morgan fingerprint density at radius 3 is 2.90 bits per heavy atom. The zero-order valence-electron chi connectivity index (χ0n) is 18.5. The second kappa shape index (κ2) is 8.45. The minimum absolute atomic E-state index is 0.0793. The first-order chi connectivity index (χ1) is 14.8. The highest BCUT2D eigenvalue weighted by molar-refractivity contribution is 5.78. The molecule has 1 atom stereocenters. The summed E-state index contributed by atoms with van der Waals surface area (Å²) in [5.41, 5.74) is 2.18. The van der Waals surface area contributed by atoms with Crippen LogP contribution >= 0.6 is 0 Å². The lowest BCUT2D eigenvalue weighted by atomic mass is 10.1. The van der Waals surface area contributed by atoms with Crippen LogP contribution in [0.3, 0.4) is 0 Å². The van der Waals surface area contributed by atoms with Gasteiger partial charge >= 0.3 is 6.09 Å². The van der Waals surface area contributed by atoms with Crippen molar-refractivity contribution in [1.29, 1.82) is 0 Å². The normalized spacial score (nSPS) is 16.5. The van der Waals surface area contributed by atoms with Crippen LogP contribution in [0.2, 0.25) is 0 Å². The van der Waals surface area contributed by atoms with Gasteiger partial charge in [-0.2, -0.15) is 5.10 Å². The summed E-state index contributed by atoms with van der Waals surface area (Å²) in [5.74, 6) is 1.53. The smallest absolute Gasteiger partial charge is 0.410 e. The van der Waals surface area contributed by atoms with Crippen molar-refractivity contribution in [2.75, 3.05) is 25.5 Å².